The first-order valence-electron chi connectivity index (χ1n) is 3.24. The maximum atomic E-state index is 12.7. The minimum Gasteiger partial charge on any atom is -0.205 e. The van der Waals surface area contributed by atoms with Crippen LogP contribution in [0.3, 0.4) is 0 Å². The summed E-state index contributed by atoms with van der Waals surface area (Å²) in [6.45, 7) is 0. The van der Waals surface area contributed by atoms with Gasteiger partial charge in [-0.15, -0.1) is 11.6 Å². The fourth-order valence-electron chi connectivity index (χ4n) is 0.804. The van der Waals surface area contributed by atoms with Crippen molar-refractivity contribution in [3.05, 3.63) is 34.6 Å². The zero-order valence-corrected chi connectivity index (χ0v) is 7.29. The number of aryl methyl sites for hydroxylation is 1. The molecule has 0 saturated carbocycles. The maximum absolute atomic E-state index is 12.7. The summed E-state index contributed by atoms with van der Waals surface area (Å²) < 4.78 is 12.7. The Morgan fingerprint density at radius 2 is 2.09 bits per heavy atom. The third kappa shape index (κ3) is 2.35. The molecule has 0 nitrogen and oxygen atoms in total. The van der Waals surface area contributed by atoms with E-state index >= 15 is 0 Å². The van der Waals surface area contributed by atoms with Crippen LogP contribution in [0.5, 0.6) is 0 Å². The fourth-order valence-corrected chi connectivity index (χ4v) is 1.14. The molecule has 0 heterocycles. The van der Waals surface area contributed by atoms with Crippen molar-refractivity contribution in [2.45, 2.75) is 6.42 Å². The Kier molecular flexibility index (Phi) is 3.16. The molecule has 0 aliphatic carbocycles. The van der Waals surface area contributed by atoms with Crippen LogP contribution in [0, 0.1) is 5.82 Å². The van der Waals surface area contributed by atoms with E-state index in [1.54, 1.807) is 12.1 Å². The normalized spacial score (nSPS) is 10.1. The van der Waals surface area contributed by atoms with Gasteiger partial charge in [-0.3, -0.25) is 0 Å². The number of benzene rings is 1. The van der Waals surface area contributed by atoms with E-state index in [2.05, 4.69) is 0 Å². The Morgan fingerprint density at radius 3 is 2.64 bits per heavy atom. The summed E-state index contributed by atoms with van der Waals surface area (Å²) in [5.41, 5.74) is 0.877. The first kappa shape index (κ1) is 8.82. The molecular weight excluding hydrogens is 186 g/mol. The van der Waals surface area contributed by atoms with E-state index < -0.39 is 0 Å². The molecule has 0 aromatic heterocycles. The molecule has 0 atom stereocenters. The van der Waals surface area contributed by atoms with Crippen LogP contribution in [0.1, 0.15) is 5.56 Å². The van der Waals surface area contributed by atoms with Gasteiger partial charge >= 0.3 is 0 Å². The third-order valence-electron chi connectivity index (χ3n) is 1.37. The van der Waals surface area contributed by atoms with Crippen LogP contribution in [0.15, 0.2) is 18.2 Å². The first-order valence-corrected chi connectivity index (χ1v) is 4.15. The highest BCUT2D eigenvalue weighted by atomic mass is 35.5. The lowest BCUT2D eigenvalue weighted by molar-refractivity contribution is 0.626. The van der Waals surface area contributed by atoms with Gasteiger partial charge in [-0.1, -0.05) is 17.7 Å². The second-order valence-corrected chi connectivity index (χ2v) is 2.97. The molecule has 0 unspecified atom stereocenters. The Labute approximate surface area is 74.9 Å². The van der Waals surface area contributed by atoms with Gasteiger partial charge < -0.3 is 0 Å². The smallest absolute Gasteiger partial charge is 0.142 e. The second kappa shape index (κ2) is 3.93. The van der Waals surface area contributed by atoms with Crippen molar-refractivity contribution < 1.29 is 4.39 Å². The van der Waals surface area contributed by atoms with Crippen molar-refractivity contribution >= 4 is 23.2 Å². The van der Waals surface area contributed by atoms with E-state index in [1.165, 1.54) is 6.07 Å². The third-order valence-corrected chi connectivity index (χ3v) is 1.86. The van der Waals surface area contributed by atoms with Crippen LogP contribution in [-0.4, -0.2) is 5.88 Å². The SMILES string of the molecule is Fc1cc(CCCl)ccc1Cl. The van der Waals surface area contributed by atoms with E-state index in [-0.39, 0.29) is 10.8 Å². The first-order chi connectivity index (χ1) is 5.24. The van der Waals surface area contributed by atoms with Crippen LogP contribution in [-0.2, 0) is 6.42 Å². The van der Waals surface area contributed by atoms with E-state index in [0.717, 1.165) is 5.56 Å². The van der Waals surface area contributed by atoms with Crippen molar-refractivity contribution in [2.75, 3.05) is 5.88 Å². The maximum Gasteiger partial charge on any atom is 0.142 e. The zero-order chi connectivity index (χ0) is 8.27. The van der Waals surface area contributed by atoms with E-state index in [4.69, 9.17) is 23.2 Å². The van der Waals surface area contributed by atoms with Crippen molar-refractivity contribution in [3.63, 3.8) is 0 Å². The molecule has 0 bridgehead atoms. The summed E-state index contributed by atoms with van der Waals surface area (Å²) in [4.78, 5) is 0. The lowest BCUT2D eigenvalue weighted by Crippen LogP contribution is -1.87. The van der Waals surface area contributed by atoms with Gasteiger partial charge in [-0.25, -0.2) is 4.39 Å². The highest BCUT2D eigenvalue weighted by Gasteiger charge is 1.99. The molecule has 1 aromatic carbocycles. The monoisotopic (exact) mass is 192 g/mol. The molecule has 0 aliphatic rings. The largest absolute Gasteiger partial charge is 0.205 e. The summed E-state index contributed by atoms with van der Waals surface area (Å²) in [7, 11) is 0. The highest BCUT2D eigenvalue weighted by molar-refractivity contribution is 6.30. The van der Waals surface area contributed by atoms with Gasteiger partial charge in [-0.05, 0) is 24.1 Å². The summed E-state index contributed by atoms with van der Waals surface area (Å²) >= 11 is 10.9. The topological polar surface area (TPSA) is 0 Å². The van der Waals surface area contributed by atoms with Gasteiger partial charge in [0.25, 0.3) is 0 Å². The average molecular weight is 193 g/mol. The summed E-state index contributed by atoms with van der Waals surface area (Å²) in [5, 5.41) is 0.156. The number of hydrogen-bond acceptors (Lipinski definition) is 0. The van der Waals surface area contributed by atoms with Crippen LogP contribution in [0.25, 0.3) is 0 Å². The Morgan fingerprint density at radius 1 is 1.36 bits per heavy atom. The lowest BCUT2D eigenvalue weighted by Gasteiger charge is -1.98. The van der Waals surface area contributed by atoms with E-state index in [0.29, 0.717) is 12.3 Å². The van der Waals surface area contributed by atoms with Gasteiger partial charge in [0.1, 0.15) is 5.82 Å². The van der Waals surface area contributed by atoms with Crippen molar-refractivity contribution in [2.24, 2.45) is 0 Å². The number of rotatable bonds is 2. The molecule has 3 heteroatoms. The van der Waals surface area contributed by atoms with Gasteiger partial charge in [-0.2, -0.15) is 0 Å². The van der Waals surface area contributed by atoms with Crippen LogP contribution >= 0.6 is 23.2 Å². The Balaban J connectivity index is 2.86. The minimum atomic E-state index is -0.380. The number of halogens is 3. The van der Waals surface area contributed by atoms with Crippen LogP contribution < -0.4 is 0 Å². The summed E-state index contributed by atoms with van der Waals surface area (Å²) in [5.74, 6) is 0.121. The second-order valence-electron chi connectivity index (χ2n) is 2.19. The molecule has 60 valence electrons. The quantitative estimate of drug-likeness (QED) is 0.632. The molecular formula is C8H7Cl2F. The average Bonchev–Trinajstić information content (AvgIpc) is 1.98. The molecule has 0 fully saturated rings. The molecule has 1 rings (SSSR count). The van der Waals surface area contributed by atoms with Crippen molar-refractivity contribution in [1.82, 2.24) is 0 Å². The van der Waals surface area contributed by atoms with Crippen LogP contribution in [0.2, 0.25) is 5.02 Å². The zero-order valence-electron chi connectivity index (χ0n) is 5.78. The lowest BCUT2D eigenvalue weighted by atomic mass is 10.2. The summed E-state index contributed by atoms with van der Waals surface area (Å²) in [6.07, 6.45) is 0.676. The van der Waals surface area contributed by atoms with Gasteiger partial charge in [0.15, 0.2) is 0 Å². The summed E-state index contributed by atoms with van der Waals surface area (Å²) in [6, 6.07) is 4.72. The molecule has 1 aromatic rings. The Bertz CT molecular complexity index is 248. The van der Waals surface area contributed by atoms with Gasteiger partial charge in [0, 0.05) is 5.88 Å². The number of hydrogen-bond donors (Lipinski definition) is 0. The molecule has 0 spiro atoms. The fraction of sp³-hybridized carbons (Fsp3) is 0.250. The van der Waals surface area contributed by atoms with Crippen molar-refractivity contribution in [1.29, 1.82) is 0 Å². The molecule has 0 aliphatic heterocycles. The van der Waals surface area contributed by atoms with E-state index in [9.17, 15) is 4.39 Å². The molecule has 0 radical (unpaired) electrons. The predicted octanol–water partition coefficient (Wildman–Crippen LogP) is 3.26. The molecule has 0 N–H and O–H groups in total. The molecule has 0 saturated heterocycles. The molecule has 11 heavy (non-hydrogen) atoms. The van der Waals surface area contributed by atoms with E-state index in [1.807, 2.05) is 0 Å². The minimum absolute atomic E-state index is 0.156. The van der Waals surface area contributed by atoms with Gasteiger partial charge in [0.2, 0.25) is 0 Å². The van der Waals surface area contributed by atoms with Gasteiger partial charge in [0.05, 0.1) is 5.02 Å². The molecule has 0 amide bonds. The Hall–Kier alpha value is -0.270. The van der Waals surface area contributed by atoms with Crippen LogP contribution in [0.4, 0.5) is 4.39 Å². The predicted molar refractivity (Wildman–Crippen MR) is 45.8 cm³/mol. The highest BCUT2D eigenvalue weighted by Crippen LogP contribution is 2.15. The number of alkyl halides is 1. The van der Waals surface area contributed by atoms with Crippen molar-refractivity contribution in [3.8, 4) is 0 Å². The standard InChI is InChI=1S/C8H7Cl2F/c9-4-3-6-1-2-7(10)8(11)5-6/h1-2,5H,3-4H2.